The van der Waals surface area contributed by atoms with Crippen molar-refractivity contribution in [2.45, 2.75) is 6.61 Å². The fraction of sp³-hybridized carbons (Fsp3) is 0.125. The Bertz CT molecular complexity index is 367. The monoisotopic (exact) mass is 148 g/mol. The van der Waals surface area contributed by atoms with Gasteiger partial charge in [0.1, 0.15) is 12.4 Å². The highest BCUT2D eigenvalue weighted by Gasteiger charge is 1.98. The molecule has 0 aliphatic rings. The lowest BCUT2D eigenvalue weighted by atomic mass is 10.4. The summed E-state index contributed by atoms with van der Waals surface area (Å²) in [6.07, 6.45) is 3.62. The van der Waals surface area contributed by atoms with Crippen LogP contribution in [0.1, 0.15) is 5.82 Å². The van der Waals surface area contributed by atoms with Crippen molar-refractivity contribution in [1.82, 2.24) is 9.38 Å². The third-order valence-electron chi connectivity index (χ3n) is 1.66. The minimum atomic E-state index is -0.0157. The summed E-state index contributed by atoms with van der Waals surface area (Å²) in [5.41, 5.74) is 1.01. The molecule has 11 heavy (non-hydrogen) atoms. The van der Waals surface area contributed by atoms with Gasteiger partial charge in [0.2, 0.25) is 0 Å². The fourth-order valence-corrected chi connectivity index (χ4v) is 1.12. The summed E-state index contributed by atoms with van der Waals surface area (Å²) >= 11 is 0. The van der Waals surface area contributed by atoms with Gasteiger partial charge >= 0.3 is 0 Å². The van der Waals surface area contributed by atoms with E-state index >= 15 is 0 Å². The number of rotatable bonds is 1. The molecule has 0 spiro atoms. The van der Waals surface area contributed by atoms with E-state index in [1.807, 2.05) is 28.8 Å². The Kier molecular flexibility index (Phi) is 1.36. The van der Waals surface area contributed by atoms with Gasteiger partial charge in [-0.05, 0) is 12.1 Å². The van der Waals surface area contributed by atoms with Crippen molar-refractivity contribution >= 4 is 5.52 Å². The van der Waals surface area contributed by atoms with Crippen LogP contribution >= 0.6 is 0 Å². The van der Waals surface area contributed by atoms with E-state index in [-0.39, 0.29) is 6.61 Å². The third-order valence-corrected chi connectivity index (χ3v) is 1.66. The predicted octanol–water partition coefficient (Wildman–Crippen LogP) is 0.827. The minimum Gasteiger partial charge on any atom is -0.388 e. The summed E-state index contributed by atoms with van der Waals surface area (Å²) < 4.78 is 1.86. The average Bonchev–Trinajstić information content (AvgIpc) is 2.47. The highest BCUT2D eigenvalue weighted by molar-refractivity contribution is 5.45. The van der Waals surface area contributed by atoms with Crippen LogP contribution in [0.4, 0.5) is 0 Å². The summed E-state index contributed by atoms with van der Waals surface area (Å²) in [5, 5.41) is 8.84. The zero-order chi connectivity index (χ0) is 7.68. The number of aromatic nitrogens is 2. The zero-order valence-electron chi connectivity index (χ0n) is 5.94. The van der Waals surface area contributed by atoms with Gasteiger partial charge in [-0.2, -0.15) is 0 Å². The molecule has 3 nitrogen and oxygen atoms in total. The molecule has 0 unspecified atom stereocenters. The standard InChI is InChI=1S/C8H8N2O/c11-6-8-9-5-7-3-1-2-4-10(7)8/h1-5,11H,6H2. The van der Waals surface area contributed by atoms with Crippen LogP contribution in [0.2, 0.25) is 0 Å². The average molecular weight is 148 g/mol. The quantitative estimate of drug-likeness (QED) is 0.650. The second-order valence-electron chi connectivity index (χ2n) is 2.33. The van der Waals surface area contributed by atoms with Crippen LogP contribution in [0.5, 0.6) is 0 Å². The van der Waals surface area contributed by atoms with Crippen LogP contribution in [0, 0.1) is 0 Å². The highest BCUT2D eigenvalue weighted by Crippen LogP contribution is 2.04. The first-order valence-electron chi connectivity index (χ1n) is 3.43. The van der Waals surface area contributed by atoms with Gasteiger partial charge in [0, 0.05) is 6.20 Å². The number of aliphatic hydroxyl groups excluding tert-OH is 1. The van der Waals surface area contributed by atoms with E-state index in [0.29, 0.717) is 5.82 Å². The van der Waals surface area contributed by atoms with Gasteiger partial charge in [-0.25, -0.2) is 4.98 Å². The number of fused-ring (bicyclic) bond motifs is 1. The first kappa shape index (κ1) is 6.37. The van der Waals surface area contributed by atoms with Gasteiger partial charge in [0.25, 0.3) is 0 Å². The maximum Gasteiger partial charge on any atom is 0.139 e. The lowest BCUT2D eigenvalue weighted by molar-refractivity contribution is 0.270. The molecule has 0 saturated carbocycles. The molecule has 0 saturated heterocycles. The van der Waals surface area contributed by atoms with Crippen molar-refractivity contribution in [3.05, 3.63) is 36.4 Å². The molecule has 0 radical (unpaired) electrons. The molecule has 2 rings (SSSR count). The molecule has 3 heteroatoms. The van der Waals surface area contributed by atoms with Crippen molar-refractivity contribution < 1.29 is 5.11 Å². The van der Waals surface area contributed by atoms with Gasteiger partial charge in [-0.15, -0.1) is 0 Å². The topological polar surface area (TPSA) is 37.5 Å². The summed E-state index contributed by atoms with van der Waals surface area (Å²) in [7, 11) is 0. The van der Waals surface area contributed by atoms with E-state index in [1.165, 1.54) is 0 Å². The van der Waals surface area contributed by atoms with Crippen LogP contribution in [-0.4, -0.2) is 14.5 Å². The predicted molar refractivity (Wildman–Crippen MR) is 41.1 cm³/mol. The maximum atomic E-state index is 8.84. The van der Waals surface area contributed by atoms with Gasteiger partial charge in [0.05, 0.1) is 11.7 Å². The van der Waals surface area contributed by atoms with Crippen molar-refractivity contribution in [3.63, 3.8) is 0 Å². The Morgan fingerprint density at radius 2 is 2.36 bits per heavy atom. The van der Waals surface area contributed by atoms with Gasteiger partial charge in [0.15, 0.2) is 0 Å². The van der Waals surface area contributed by atoms with E-state index in [1.54, 1.807) is 6.20 Å². The molecule has 0 aromatic carbocycles. The number of imidazole rings is 1. The van der Waals surface area contributed by atoms with Crippen molar-refractivity contribution in [2.75, 3.05) is 0 Å². The van der Waals surface area contributed by atoms with E-state index in [2.05, 4.69) is 4.98 Å². The summed E-state index contributed by atoms with van der Waals surface area (Å²) in [4.78, 5) is 4.03. The molecular weight excluding hydrogens is 140 g/mol. The summed E-state index contributed by atoms with van der Waals surface area (Å²) in [5.74, 6) is 0.681. The van der Waals surface area contributed by atoms with Crippen molar-refractivity contribution in [3.8, 4) is 0 Å². The lowest BCUT2D eigenvalue weighted by Crippen LogP contribution is -1.92. The SMILES string of the molecule is OCc1ncc2ccccn12. The Morgan fingerprint density at radius 1 is 1.45 bits per heavy atom. The number of hydrogen-bond acceptors (Lipinski definition) is 2. The maximum absolute atomic E-state index is 8.84. The molecule has 2 aromatic heterocycles. The number of aliphatic hydroxyl groups is 1. The molecule has 1 N–H and O–H groups in total. The molecule has 0 amide bonds. The van der Waals surface area contributed by atoms with Crippen molar-refractivity contribution in [1.29, 1.82) is 0 Å². The number of nitrogens with zero attached hydrogens (tertiary/aromatic N) is 2. The second-order valence-corrected chi connectivity index (χ2v) is 2.33. The van der Waals surface area contributed by atoms with E-state index in [4.69, 9.17) is 5.11 Å². The highest BCUT2D eigenvalue weighted by atomic mass is 16.3. The zero-order valence-corrected chi connectivity index (χ0v) is 5.94. The lowest BCUT2D eigenvalue weighted by Gasteiger charge is -1.94. The van der Waals surface area contributed by atoms with Crippen molar-refractivity contribution in [2.24, 2.45) is 0 Å². The Morgan fingerprint density at radius 3 is 3.18 bits per heavy atom. The molecule has 56 valence electrons. The molecule has 0 aliphatic heterocycles. The van der Waals surface area contributed by atoms with Gasteiger partial charge < -0.3 is 9.51 Å². The van der Waals surface area contributed by atoms with Crippen LogP contribution < -0.4 is 0 Å². The molecule has 0 bridgehead atoms. The number of hydrogen-bond donors (Lipinski definition) is 1. The first-order chi connectivity index (χ1) is 5.42. The van der Waals surface area contributed by atoms with Crippen LogP contribution in [0.3, 0.4) is 0 Å². The Hall–Kier alpha value is -1.35. The van der Waals surface area contributed by atoms with E-state index in [0.717, 1.165) is 5.52 Å². The molecule has 2 heterocycles. The summed E-state index contributed by atoms with van der Waals surface area (Å²) in [6.45, 7) is -0.0157. The second kappa shape index (κ2) is 2.36. The third kappa shape index (κ3) is 0.897. The fourth-order valence-electron chi connectivity index (χ4n) is 1.12. The Labute approximate surface area is 63.9 Å². The Balaban J connectivity index is 2.76. The largest absolute Gasteiger partial charge is 0.388 e. The minimum absolute atomic E-state index is 0.0157. The van der Waals surface area contributed by atoms with Crippen LogP contribution in [-0.2, 0) is 6.61 Å². The molecule has 0 atom stereocenters. The normalized spacial score (nSPS) is 10.6. The van der Waals surface area contributed by atoms with E-state index in [9.17, 15) is 0 Å². The van der Waals surface area contributed by atoms with E-state index < -0.39 is 0 Å². The molecule has 0 fully saturated rings. The summed E-state index contributed by atoms with van der Waals surface area (Å²) in [6, 6.07) is 5.80. The van der Waals surface area contributed by atoms with Gasteiger partial charge in [-0.3, -0.25) is 0 Å². The van der Waals surface area contributed by atoms with Crippen LogP contribution in [0.25, 0.3) is 5.52 Å². The van der Waals surface area contributed by atoms with Gasteiger partial charge in [-0.1, -0.05) is 6.07 Å². The molecule has 0 aliphatic carbocycles. The molecular formula is C8H8N2O. The molecule has 2 aromatic rings. The number of pyridine rings is 1. The van der Waals surface area contributed by atoms with Crippen LogP contribution in [0.15, 0.2) is 30.6 Å². The smallest absolute Gasteiger partial charge is 0.139 e. The first-order valence-corrected chi connectivity index (χ1v) is 3.43.